The summed E-state index contributed by atoms with van der Waals surface area (Å²) in [4.78, 5) is 10.6. The summed E-state index contributed by atoms with van der Waals surface area (Å²) < 4.78 is 10.9. The quantitative estimate of drug-likeness (QED) is 0.679. The maximum Gasteiger partial charge on any atom is 0.218 e. The molecule has 0 atom stereocenters. The van der Waals surface area contributed by atoms with Crippen molar-refractivity contribution in [3.8, 4) is 5.88 Å². The molecule has 1 aromatic heterocycles. The number of anilines is 1. The fraction of sp³-hybridized carbons (Fsp3) is 0.692. The van der Waals surface area contributed by atoms with Gasteiger partial charge in [-0.3, -0.25) is 0 Å². The first kappa shape index (κ1) is 15.7. The van der Waals surface area contributed by atoms with Crippen LogP contribution in [0.4, 0.5) is 5.82 Å². The number of likely N-dealkylation sites (N-methyl/N-ethyl adjacent to an activating group) is 1. The van der Waals surface area contributed by atoms with Crippen molar-refractivity contribution >= 4 is 5.82 Å². The lowest BCUT2D eigenvalue weighted by atomic mass is 10.5. The van der Waals surface area contributed by atoms with Crippen molar-refractivity contribution in [2.45, 2.75) is 13.8 Å². The maximum atomic E-state index is 5.50. The minimum atomic E-state index is 0.601. The fourth-order valence-corrected chi connectivity index (χ4v) is 1.45. The van der Waals surface area contributed by atoms with E-state index in [0.717, 1.165) is 25.5 Å². The van der Waals surface area contributed by atoms with Crippen molar-refractivity contribution in [2.75, 3.05) is 52.3 Å². The molecule has 0 fully saturated rings. The third-order valence-corrected chi connectivity index (χ3v) is 2.34. The van der Waals surface area contributed by atoms with Crippen molar-refractivity contribution in [3.05, 3.63) is 11.9 Å². The van der Waals surface area contributed by atoms with E-state index < -0.39 is 0 Å². The lowest BCUT2D eigenvalue weighted by Crippen LogP contribution is -2.20. The molecule has 0 aliphatic rings. The van der Waals surface area contributed by atoms with Crippen molar-refractivity contribution < 1.29 is 9.47 Å². The SMILES string of the molecule is CCOc1cc(NCCOCCN(C)C)nc(C)n1. The number of hydrogen-bond acceptors (Lipinski definition) is 6. The normalized spacial score (nSPS) is 10.8. The van der Waals surface area contributed by atoms with Crippen LogP contribution in [-0.2, 0) is 4.74 Å². The van der Waals surface area contributed by atoms with Crippen LogP contribution < -0.4 is 10.1 Å². The molecule has 0 spiro atoms. The lowest BCUT2D eigenvalue weighted by Gasteiger charge is -2.11. The van der Waals surface area contributed by atoms with Gasteiger partial charge in [-0.05, 0) is 27.9 Å². The van der Waals surface area contributed by atoms with Crippen molar-refractivity contribution in [3.63, 3.8) is 0 Å². The number of aromatic nitrogens is 2. The number of nitrogens with one attached hydrogen (secondary N) is 1. The summed E-state index contributed by atoms with van der Waals surface area (Å²) in [5.41, 5.74) is 0. The van der Waals surface area contributed by atoms with Crippen LogP contribution >= 0.6 is 0 Å². The van der Waals surface area contributed by atoms with Crippen molar-refractivity contribution in [1.29, 1.82) is 0 Å². The zero-order chi connectivity index (χ0) is 14.1. The molecule has 19 heavy (non-hydrogen) atoms. The Kier molecular flexibility index (Phi) is 7.14. The Balaban J connectivity index is 2.28. The van der Waals surface area contributed by atoms with Gasteiger partial charge in [-0.1, -0.05) is 0 Å². The number of nitrogens with zero attached hydrogens (tertiary/aromatic N) is 3. The molecule has 0 aliphatic heterocycles. The Morgan fingerprint density at radius 3 is 2.74 bits per heavy atom. The average Bonchev–Trinajstić information content (AvgIpc) is 2.33. The molecule has 6 heteroatoms. The van der Waals surface area contributed by atoms with Gasteiger partial charge in [0.25, 0.3) is 0 Å². The second kappa shape index (κ2) is 8.66. The molecular formula is C13H24N4O2. The zero-order valence-corrected chi connectivity index (χ0v) is 12.3. The molecule has 0 radical (unpaired) electrons. The lowest BCUT2D eigenvalue weighted by molar-refractivity contribution is 0.126. The van der Waals surface area contributed by atoms with Crippen LogP contribution in [0.3, 0.4) is 0 Å². The van der Waals surface area contributed by atoms with Gasteiger partial charge in [0.1, 0.15) is 11.6 Å². The highest BCUT2D eigenvalue weighted by atomic mass is 16.5. The van der Waals surface area contributed by atoms with Crippen LogP contribution in [0.25, 0.3) is 0 Å². The van der Waals surface area contributed by atoms with E-state index in [4.69, 9.17) is 9.47 Å². The van der Waals surface area contributed by atoms with Crippen LogP contribution in [0.5, 0.6) is 5.88 Å². The predicted octanol–water partition coefficient (Wildman–Crippen LogP) is 1.17. The summed E-state index contributed by atoms with van der Waals surface area (Å²) in [5.74, 6) is 2.07. The molecule has 0 unspecified atom stereocenters. The van der Waals surface area contributed by atoms with Crippen molar-refractivity contribution in [2.24, 2.45) is 0 Å². The van der Waals surface area contributed by atoms with E-state index in [9.17, 15) is 0 Å². The molecule has 1 aromatic rings. The van der Waals surface area contributed by atoms with Gasteiger partial charge in [-0.2, -0.15) is 4.98 Å². The standard InChI is InChI=1S/C13H24N4O2/c1-5-19-13-10-12(15-11(2)16-13)14-6-8-18-9-7-17(3)4/h10H,5-9H2,1-4H3,(H,14,15,16). The first-order valence-electron chi connectivity index (χ1n) is 6.56. The van der Waals surface area contributed by atoms with E-state index >= 15 is 0 Å². The molecule has 0 aromatic carbocycles. The number of ether oxygens (including phenoxy) is 2. The van der Waals surface area contributed by atoms with Gasteiger partial charge < -0.3 is 19.7 Å². The third kappa shape index (κ3) is 6.93. The highest BCUT2D eigenvalue weighted by Crippen LogP contribution is 2.12. The minimum Gasteiger partial charge on any atom is -0.478 e. The van der Waals surface area contributed by atoms with Gasteiger partial charge >= 0.3 is 0 Å². The molecule has 1 rings (SSSR count). The number of rotatable bonds is 9. The van der Waals surface area contributed by atoms with Gasteiger partial charge in [0.15, 0.2) is 0 Å². The topological polar surface area (TPSA) is 59.5 Å². The summed E-state index contributed by atoms with van der Waals surface area (Å²) in [6, 6.07) is 1.80. The van der Waals surface area contributed by atoms with E-state index in [1.165, 1.54) is 0 Å². The molecular weight excluding hydrogens is 244 g/mol. The highest BCUT2D eigenvalue weighted by molar-refractivity contribution is 5.38. The largest absolute Gasteiger partial charge is 0.478 e. The fourth-order valence-electron chi connectivity index (χ4n) is 1.45. The first-order chi connectivity index (χ1) is 9.11. The Morgan fingerprint density at radius 1 is 1.26 bits per heavy atom. The summed E-state index contributed by atoms with van der Waals surface area (Å²) in [6.07, 6.45) is 0. The number of hydrogen-bond donors (Lipinski definition) is 1. The van der Waals surface area contributed by atoms with Crippen LogP contribution in [0.15, 0.2) is 6.07 Å². The highest BCUT2D eigenvalue weighted by Gasteiger charge is 2.01. The monoisotopic (exact) mass is 268 g/mol. The summed E-state index contributed by atoms with van der Waals surface area (Å²) in [5, 5.41) is 3.20. The van der Waals surface area contributed by atoms with Gasteiger partial charge in [0.2, 0.25) is 5.88 Å². The molecule has 1 N–H and O–H groups in total. The van der Waals surface area contributed by atoms with Gasteiger partial charge in [-0.25, -0.2) is 4.98 Å². The van der Waals surface area contributed by atoms with Crippen LogP contribution in [-0.4, -0.2) is 61.9 Å². The molecule has 0 amide bonds. The van der Waals surface area contributed by atoms with Crippen LogP contribution in [0, 0.1) is 6.92 Å². The van der Waals surface area contributed by atoms with E-state index in [-0.39, 0.29) is 0 Å². The maximum absolute atomic E-state index is 5.50. The summed E-state index contributed by atoms with van der Waals surface area (Å²) in [7, 11) is 4.06. The zero-order valence-electron chi connectivity index (χ0n) is 12.3. The molecule has 6 nitrogen and oxygen atoms in total. The Hall–Kier alpha value is -1.40. The molecule has 1 heterocycles. The smallest absolute Gasteiger partial charge is 0.218 e. The second-order valence-corrected chi connectivity index (χ2v) is 4.41. The first-order valence-corrected chi connectivity index (χ1v) is 6.56. The molecule has 0 saturated carbocycles. The summed E-state index contributed by atoms with van der Waals surface area (Å²) >= 11 is 0. The van der Waals surface area contributed by atoms with Crippen LogP contribution in [0.1, 0.15) is 12.7 Å². The Morgan fingerprint density at radius 2 is 2.05 bits per heavy atom. The van der Waals surface area contributed by atoms with E-state index in [0.29, 0.717) is 24.9 Å². The molecule has 108 valence electrons. The molecule has 0 saturated heterocycles. The number of aryl methyl sites for hydroxylation is 1. The molecule has 0 aliphatic carbocycles. The predicted molar refractivity (Wildman–Crippen MR) is 75.8 cm³/mol. The van der Waals surface area contributed by atoms with E-state index in [1.807, 2.05) is 27.9 Å². The third-order valence-electron chi connectivity index (χ3n) is 2.34. The van der Waals surface area contributed by atoms with E-state index in [2.05, 4.69) is 20.2 Å². The molecule has 0 bridgehead atoms. The Bertz CT molecular complexity index is 372. The van der Waals surface area contributed by atoms with Gasteiger partial charge in [0.05, 0.1) is 19.8 Å². The second-order valence-electron chi connectivity index (χ2n) is 4.41. The van der Waals surface area contributed by atoms with Gasteiger partial charge in [0, 0.05) is 19.2 Å². The van der Waals surface area contributed by atoms with E-state index in [1.54, 1.807) is 6.07 Å². The average molecular weight is 268 g/mol. The Labute approximate surface area is 115 Å². The van der Waals surface area contributed by atoms with Crippen LogP contribution in [0.2, 0.25) is 0 Å². The summed E-state index contributed by atoms with van der Waals surface area (Å²) in [6.45, 7) is 7.42. The minimum absolute atomic E-state index is 0.601. The van der Waals surface area contributed by atoms with Crippen molar-refractivity contribution in [1.82, 2.24) is 14.9 Å². The van der Waals surface area contributed by atoms with Gasteiger partial charge in [-0.15, -0.1) is 0 Å².